The van der Waals surface area contributed by atoms with Crippen LogP contribution in [0.25, 0.3) is 0 Å². The number of hydrogen-bond acceptors (Lipinski definition) is 4. The van der Waals surface area contributed by atoms with Gasteiger partial charge in [-0.3, -0.25) is 14.4 Å². The molecule has 8 heteroatoms. The van der Waals surface area contributed by atoms with Crippen LogP contribution >= 0.6 is 0 Å². The number of aliphatic carboxylic acids is 1. The molecule has 180 valence electrons. The van der Waals surface area contributed by atoms with E-state index in [0.717, 1.165) is 6.42 Å². The molecule has 0 aromatic carbocycles. The van der Waals surface area contributed by atoms with Crippen LogP contribution < -0.4 is 5.32 Å². The van der Waals surface area contributed by atoms with Crippen molar-refractivity contribution in [3.05, 3.63) is 0 Å². The monoisotopic (exact) mass is 441 g/mol. The Morgan fingerprint density at radius 3 is 1.87 bits per heavy atom. The molecule has 0 aliphatic heterocycles. The predicted molar refractivity (Wildman–Crippen MR) is 121 cm³/mol. The van der Waals surface area contributed by atoms with Crippen molar-refractivity contribution in [1.82, 2.24) is 15.1 Å². The van der Waals surface area contributed by atoms with Gasteiger partial charge in [0.25, 0.3) is 0 Å². The second-order valence-electron chi connectivity index (χ2n) is 9.33. The maximum atomic E-state index is 13.0. The van der Waals surface area contributed by atoms with Gasteiger partial charge in [0.15, 0.2) is 0 Å². The van der Waals surface area contributed by atoms with Gasteiger partial charge < -0.3 is 20.2 Å². The van der Waals surface area contributed by atoms with Crippen LogP contribution in [-0.2, 0) is 19.2 Å². The molecule has 8 nitrogen and oxygen atoms in total. The third-order valence-corrected chi connectivity index (χ3v) is 5.85. The molecular weight excluding hydrogens is 398 g/mol. The SMILES string of the molecule is CCC(C)C(C(=O)O)N(C)C(=O)CN(C)C(=O)[C@@H](NC(=O)[C@@H](CC)CC(C)C)C(C)C. The van der Waals surface area contributed by atoms with Crippen LogP contribution in [-0.4, -0.2) is 71.3 Å². The summed E-state index contributed by atoms with van der Waals surface area (Å²) >= 11 is 0. The zero-order chi connectivity index (χ0) is 24.5. The summed E-state index contributed by atoms with van der Waals surface area (Å²) in [6.45, 7) is 13.2. The van der Waals surface area contributed by atoms with Crippen LogP contribution in [0, 0.1) is 23.7 Å². The highest BCUT2D eigenvalue weighted by atomic mass is 16.4. The summed E-state index contributed by atoms with van der Waals surface area (Å²) in [5.41, 5.74) is 0. The highest BCUT2D eigenvalue weighted by Crippen LogP contribution is 2.17. The van der Waals surface area contributed by atoms with E-state index in [-0.39, 0.29) is 36.1 Å². The van der Waals surface area contributed by atoms with E-state index in [1.54, 1.807) is 6.92 Å². The van der Waals surface area contributed by atoms with E-state index in [9.17, 15) is 24.3 Å². The summed E-state index contributed by atoms with van der Waals surface area (Å²) in [6, 6.07) is -1.70. The largest absolute Gasteiger partial charge is 0.480 e. The maximum absolute atomic E-state index is 13.0. The molecule has 2 unspecified atom stereocenters. The number of nitrogens with one attached hydrogen (secondary N) is 1. The molecule has 0 spiro atoms. The Morgan fingerprint density at radius 2 is 1.48 bits per heavy atom. The van der Waals surface area contributed by atoms with Crippen LogP contribution in [0.2, 0.25) is 0 Å². The van der Waals surface area contributed by atoms with Crippen molar-refractivity contribution in [2.75, 3.05) is 20.6 Å². The van der Waals surface area contributed by atoms with Crippen LogP contribution in [0.1, 0.15) is 67.7 Å². The topological polar surface area (TPSA) is 107 Å². The van der Waals surface area contributed by atoms with Gasteiger partial charge >= 0.3 is 5.97 Å². The number of amides is 3. The molecule has 0 heterocycles. The van der Waals surface area contributed by atoms with Gasteiger partial charge in [0.05, 0.1) is 6.54 Å². The summed E-state index contributed by atoms with van der Waals surface area (Å²) in [6.07, 6.45) is 2.04. The summed E-state index contributed by atoms with van der Waals surface area (Å²) in [5, 5.41) is 12.4. The Kier molecular flexibility index (Phi) is 12.4. The van der Waals surface area contributed by atoms with Crippen LogP contribution in [0.5, 0.6) is 0 Å². The summed E-state index contributed by atoms with van der Waals surface area (Å²) in [7, 11) is 2.95. The second-order valence-corrected chi connectivity index (χ2v) is 9.33. The van der Waals surface area contributed by atoms with E-state index in [4.69, 9.17) is 0 Å². The van der Waals surface area contributed by atoms with Crippen molar-refractivity contribution in [2.45, 2.75) is 79.8 Å². The molecule has 4 atom stereocenters. The fourth-order valence-corrected chi connectivity index (χ4v) is 3.61. The number of carboxylic acids is 1. The molecule has 0 saturated carbocycles. The molecule has 0 radical (unpaired) electrons. The van der Waals surface area contributed by atoms with Gasteiger partial charge in [-0.2, -0.15) is 0 Å². The van der Waals surface area contributed by atoms with Crippen molar-refractivity contribution in [3.63, 3.8) is 0 Å². The number of carbonyl (C=O) groups is 4. The van der Waals surface area contributed by atoms with Crippen molar-refractivity contribution < 1.29 is 24.3 Å². The number of carboxylic acid groups (broad SMARTS) is 1. The fraction of sp³-hybridized carbons (Fsp3) is 0.826. The lowest BCUT2D eigenvalue weighted by atomic mass is 9.93. The lowest BCUT2D eigenvalue weighted by Crippen LogP contribution is -2.54. The Morgan fingerprint density at radius 1 is 0.935 bits per heavy atom. The lowest BCUT2D eigenvalue weighted by molar-refractivity contribution is -0.152. The van der Waals surface area contributed by atoms with Gasteiger partial charge in [-0.05, 0) is 30.6 Å². The summed E-state index contributed by atoms with van der Waals surface area (Å²) < 4.78 is 0. The van der Waals surface area contributed by atoms with Crippen molar-refractivity contribution in [1.29, 1.82) is 0 Å². The first-order valence-corrected chi connectivity index (χ1v) is 11.3. The van der Waals surface area contributed by atoms with E-state index < -0.39 is 24.0 Å². The van der Waals surface area contributed by atoms with Gasteiger partial charge in [-0.1, -0.05) is 54.9 Å². The molecular formula is C23H43N3O5. The zero-order valence-electron chi connectivity index (χ0n) is 20.8. The van der Waals surface area contributed by atoms with Gasteiger partial charge in [0.1, 0.15) is 12.1 Å². The molecule has 0 aliphatic carbocycles. The maximum Gasteiger partial charge on any atom is 0.326 e. The minimum absolute atomic E-state index is 0.150. The van der Waals surface area contributed by atoms with Crippen LogP contribution in [0.3, 0.4) is 0 Å². The third-order valence-electron chi connectivity index (χ3n) is 5.85. The molecule has 3 amide bonds. The summed E-state index contributed by atoms with van der Waals surface area (Å²) in [5.74, 6) is -2.21. The molecule has 0 aliphatic rings. The number of rotatable bonds is 13. The number of carbonyl (C=O) groups excluding carboxylic acids is 3. The Bertz CT molecular complexity index is 620. The van der Waals surface area contributed by atoms with E-state index >= 15 is 0 Å². The van der Waals surface area contributed by atoms with Crippen molar-refractivity contribution >= 4 is 23.7 Å². The minimum Gasteiger partial charge on any atom is -0.480 e. The second kappa shape index (κ2) is 13.3. The van der Waals surface area contributed by atoms with Gasteiger partial charge in [-0.25, -0.2) is 4.79 Å². The lowest BCUT2D eigenvalue weighted by Gasteiger charge is -2.32. The standard InChI is InChI=1S/C23H43N3O5/c1-10-16(7)20(23(30)31)26(9)18(27)13-25(8)22(29)19(15(5)6)24-21(28)17(11-2)12-14(3)4/h14-17,19-20H,10-13H2,1-9H3,(H,24,28)(H,30,31)/t16?,17-,19-,20?/m0/s1. The number of nitrogens with zero attached hydrogens (tertiary/aromatic N) is 2. The number of likely N-dealkylation sites (N-methyl/N-ethyl adjacent to an activating group) is 2. The Balaban J connectivity index is 5.30. The van der Waals surface area contributed by atoms with Gasteiger partial charge in [-0.15, -0.1) is 0 Å². The quantitative estimate of drug-likeness (QED) is 0.457. The molecule has 0 saturated heterocycles. The highest BCUT2D eigenvalue weighted by Gasteiger charge is 2.34. The average Bonchev–Trinajstić information content (AvgIpc) is 2.68. The van der Waals surface area contributed by atoms with E-state index in [2.05, 4.69) is 19.2 Å². The highest BCUT2D eigenvalue weighted by molar-refractivity contribution is 5.92. The van der Waals surface area contributed by atoms with E-state index in [0.29, 0.717) is 18.8 Å². The van der Waals surface area contributed by atoms with Crippen LogP contribution in [0.4, 0.5) is 0 Å². The first kappa shape index (κ1) is 28.9. The Hall–Kier alpha value is -2.12. The molecule has 0 aromatic heterocycles. The zero-order valence-corrected chi connectivity index (χ0v) is 20.8. The molecule has 0 aromatic rings. The number of hydrogen-bond donors (Lipinski definition) is 2. The average molecular weight is 442 g/mol. The smallest absolute Gasteiger partial charge is 0.326 e. The summed E-state index contributed by atoms with van der Waals surface area (Å²) in [4.78, 5) is 52.5. The van der Waals surface area contributed by atoms with E-state index in [1.165, 1.54) is 23.9 Å². The minimum atomic E-state index is -1.07. The first-order valence-electron chi connectivity index (χ1n) is 11.3. The molecule has 0 fully saturated rings. The third kappa shape index (κ3) is 8.87. The van der Waals surface area contributed by atoms with Crippen molar-refractivity contribution in [3.8, 4) is 0 Å². The van der Waals surface area contributed by atoms with Crippen molar-refractivity contribution in [2.24, 2.45) is 23.7 Å². The predicted octanol–water partition coefficient (Wildman–Crippen LogP) is 2.62. The molecule has 31 heavy (non-hydrogen) atoms. The Labute approximate surface area is 187 Å². The molecule has 2 N–H and O–H groups in total. The molecule has 0 rings (SSSR count). The first-order chi connectivity index (χ1) is 14.3. The van der Waals surface area contributed by atoms with Crippen LogP contribution in [0.15, 0.2) is 0 Å². The van der Waals surface area contributed by atoms with E-state index in [1.807, 2.05) is 27.7 Å². The fourth-order valence-electron chi connectivity index (χ4n) is 3.61. The normalized spacial score (nSPS) is 15.2. The molecule has 0 bridgehead atoms. The van der Waals surface area contributed by atoms with Gasteiger partial charge in [0, 0.05) is 20.0 Å². The van der Waals surface area contributed by atoms with Gasteiger partial charge in [0.2, 0.25) is 17.7 Å².